The minimum absolute atomic E-state index is 0.481. The number of hydrogen-bond donors (Lipinski definition) is 0. The van der Waals surface area contributed by atoms with Gasteiger partial charge in [-0.3, -0.25) is 0 Å². The topological polar surface area (TPSA) is 81.1 Å². The second kappa shape index (κ2) is 10.4. The summed E-state index contributed by atoms with van der Waals surface area (Å²) in [4.78, 5) is 2.20. The fourth-order valence-corrected chi connectivity index (χ4v) is 5.47. The third kappa shape index (κ3) is 4.69. The smallest absolute Gasteiger partial charge is 0.247 e. The summed E-state index contributed by atoms with van der Waals surface area (Å²) in [5.74, 6) is 0.962. The van der Waals surface area contributed by atoms with Crippen molar-refractivity contribution in [3.63, 3.8) is 0 Å². The van der Waals surface area contributed by atoms with Crippen LogP contribution in [0.25, 0.3) is 55.6 Å². The van der Waals surface area contributed by atoms with Gasteiger partial charge in [0.2, 0.25) is 24.6 Å². The largest absolute Gasteiger partial charge is 0.423 e. The van der Waals surface area contributed by atoms with E-state index in [-0.39, 0.29) is 0 Å². The molecule has 7 heteroatoms. The van der Waals surface area contributed by atoms with E-state index in [4.69, 9.17) is 8.83 Å². The first kappa shape index (κ1) is 24.7. The predicted octanol–water partition coefficient (Wildman–Crippen LogP) is 9.23. The lowest BCUT2D eigenvalue weighted by Gasteiger charge is -2.26. The average Bonchev–Trinajstić information content (AvgIpc) is 3.81. The van der Waals surface area contributed by atoms with E-state index in [1.54, 1.807) is 0 Å². The highest BCUT2D eigenvalue weighted by Crippen LogP contribution is 2.37. The van der Waals surface area contributed by atoms with Gasteiger partial charge in [0.1, 0.15) is 0 Å². The minimum Gasteiger partial charge on any atom is -0.423 e. The van der Waals surface area contributed by atoms with Crippen molar-refractivity contribution in [2.24, 2.45) is 0 Å². The fourth-order valence-electron chi connectivity index (χ4n) is 5.47. The summed E-state index contributed by atoms with van der Waals surface area (Å²) in [5, 5.41) is 20.6. The molecule has 8 aromatic rings. The highest BCUT2D eigenvalue weighted by Gasteiger charge is 2.15. The second-order valence-corrected chi connectivity index (χ2v) is 10.2. The fraction of sp³-hybridized carbons (Fsp3) is 0. The minimum atomic E-state index is 0.481. The van der Waals surface area contributed by atoms with Crippen LogP contribution in [-0.4, -0.2) is 20.4 Å². The van der Waals surface area contributed by atoms with E-state index in [9.17, 15) is 0 Å². The van der Waals surface area contributed by atoms with Gasteiger partial charge in [-0.05, 0) is 112 Å². The maximum atomic E-state index is 5.39. The Hall–Kier alpha value is -6.08. The molecule has 0 N–H and O–H groups in total. The molecule has 0 aliphatic carbocycles. The first-order valence-corrected chi connectivity index (χ1v) is 13.8. The van der Waals surface area contributed by atoms with Crippen molar-refractivity contribution < 1.29 is 8.83 Å². The zero-order valence-electron chi connectivity index (χ0n) is 22.8. The molecule has 0 aliphatic heterocycles. The Morgan fingerprint density at radius 3 is 1.33 bits per heavy atom. The number of hydrogen-bond acceptors (Lipinski definition) is 7. The normalized spacial score (nSPS) is 11.3. The molecule has 0 bridgehead atoms. The van der Waals surface area contributed by atoms with Crippen molar-refractivity contribution >= 4 is 38.6 Å². The molecule has 0 fully saturated rings. The molecule has 204 valence electrons. The highest BCUT2D eigenvalue weighted by molar-refractivity contribution is 5.99. The molecular formula is C36H23N5O2. The van der Waals surface area contributed by atoms with Crippen LogP contribution in [0.5, 0.6) is 0 Å². The van der Waals surface area contributed by atoms with Crippen LogP contribution in [0.4, 0.5) is 17.1 Å². The molecule has 0 amide bonds. The molecule has 2 heterocycles. The molecule has 7 nitrogen and oxygen atoms in total. The van der Waals surface area contributed by atoms with Crippen LogP contribution in [0.3, 0.4) is 0 Å². The van der Waals surface area contributed by atoms with Gasteiger partial charge in [0.25, 0.3) is 0 Å². The Morgan fingerprint density at radius 1 is 0.395 bits per heavy atom. The van der Waals surface area contributed by atoms with Gasteiger partial charge in [0.05, 0.1) is 0 Å². The van der Waals surface area contributed by atoms with Crippen LogP contribution in [-0.2, 0) is 0 Å². The Kier molecular flexibility index (Phi) is 5.97. The van der Waals surface area contributed by atoms with Crippen molar-refractivity contribution in [1.29, 1.82) is 0 Å². The lowest BCUT2D eigenvalue weighted by molar-refractivity contribution is 0.568. The Morgan fingerprint density at radius 2 is 0.837 bits per heavy atom. The molecule has 0 atom stereocenters. The van der Waals surface area contributed by atoms with Gasteiger partial charge < -0.3 is 13.7 Å². The summed E-state index contributed by atoms with van der Waals surface area (Å²) < 4.78 is 10.8. The Labute approximate surface area is 246 Å². The van der Waals surface area contributed by atoms with Crippen LogP contribution in [0, 0.1) is 0 Å². The number of nitrogens with zero attached hydrogens (tertiary/aromatic N) is 5. The molecule has 2 aromatic heterocycles. The summed E-state index contributed by atoms with van der Waals surface area (Å²) in [7, 11) is 0. The first-order chi connectivity index (χ1) is 21.3. The molecule has 0 aliphatic rings. The van der Waals surface area contributed by atoms with E-state index < -0.39 is 0 Å². The standard InChI is InChI=1S/C36H23N5O2/c1-2-4-28-20-31-21-29(5-6-30(31)19-27(28)3-1)24-7-13-32(14-8-24)41(33-15-9-25(10-16-33)35-39-37-22-42-35)34-17-11-26(12-18-34)36-40-38-23-43-36/h1-23H. The summed E-state index contributed by atoms with van der Waals surface area (Å²) in [6, 6.07) is 44.4. The van der Waals surface area contributed by atoms with Crippen LogP contribution in [0.15, 0.2) is 149 Å². The van der Waals surface area contributed by atoms with Gasteiger partial charge in [0.15, 0.2) is 0 Å². The van der Waals surface area contributed by atoms with E-state index in [0.717, 1.165) is 33.8 Å². The molecule has 43 heavy (non-hydrogen) atoms. The van der Waals surface area contributed by atoms with Crippen LogP contribution in [0.1, 0.15) is 0 Å². The van der Waals surface area contributed by atoms with E-state index in [0.29, 0.717) is 11.8 Å². The number of rotatable bonds is 6. The van der Waals surface area contributed by atoms with Crippen molar-refractivity contribution in [3.8, 4) is 34.0 Å². The monoisotopic (exact) mass is 557 g/mol. The van der Waals surface area contributed by atoms with Gasteiger partial charge in [-0.15, -0.1) is 20.4 Å². The molecule has 0 saturated carbocycles. The lowest BCUT2D eigenvalue weighted by atomic mass is 9.98. The summed E-state index contributed by atoms with van der Waals surface area (Å²) in [5.41, 5.74) is 7.02. The summed E-state index contributed by atoms with van der Waals surface area (Å²) >= 11 is 0. The summed E-state index contributed by atoms with van der Waals surface area (Å²) in [6.45, 7) is 0. The predicted molar refractivity (Wildman–Crippen MR) is 168 cm³/mol. The number of fused-ring (bicyclic) bond motifs is 2. The van der Waals surface area contributed by atoms with E-state index in [1.165, 1.54) is 39.9 Å². The van der Waals surface area contributed by atoms with Gasteiger partial charge in [-0.1, -0.05) is 48.5 Å². The maximum absolute atomic E-state index is 5.39. The molecule has 0 spiro atoms. The molecule has 0 radical (unpaired) electrons. The average molecular weight is 558 g/mol. The van der Waals surface area contributed by atoms with Crippen molar-refractivity contribution in [3.05, 3.63) is 140 Å². The van der Waals surface area contributed by atoms with Crippen molar-refractivity contribution in [2.45, 2.75) is 0 Å². The third-order valence-electron chi connectivity index (χ3n) is 7.63. The zero-order chi connectivity index (χ0) is 28.6. The van der Waals surface area contributed by atoms with Gasteiger partial charge in [0, 0.05) is 28.2 Å². The molecule has 0 saturated heterocycles. The van der Waals surface area contributed by atoms with E-state index in [2.05, 4.69) is 104 Å². The summed E-state index contributed by atoms with van der Waals surface area (Å²) in [6.07, 6.45) is 2.67. The maximum Gasteiger partial charge on any atom is 0.247 e. The highest BCUT2D eigenvalue weighted by atomic mass is 16.4. The molecular weight excluding hydrogens is 534 g/mol. The SMILES string of the molecule is c1ccc2cc3cc(-c4ccc(N(c5ccc(-c6nnco6)cc5)c5ccc(-c6nnco6)cc5)cc4)ccc3cc2c1. The number of aromatic nitrogens is 4. The van der Waals surface area contributed by atoms with Gasteiger partial charge in [-0.2, -0.15) is 0 Å². The third-order valence-corrected chi connectivity index (χ3v) is 7.63. The van der Waals surface area contributed by atoms with Crippen LogP contribution >= 0.6 is 0 Å². The Bertz CT molecular complexity index is 2080. The van der Waals surface area contributed by atoms with E-state index >= 15 is 0 Å². The van der Waals surface area contributed by atoms with Crippen molar-refractivity contribution in [1.82, 2.24) is 20.4 Å². The van der Waals surface area contributed by atoms with Crippen LogP contribution in [0.2, 0.25) is 0 Å². The number of anilines is 3. The van der Waals surface area contributed by atoms with Gasteiger partial charge in [-0.25, -0.2) is 0 Å². The van der Waals surface area contributed by atoms with E-state index in [1.807, 2.05) is 48.5 Å². The van der Waals surface area contributed by atoms with Crippen LogP contribution < -0.4 is 4.90 Å². The quantitative estimate of drug-likeness (QED) is 0.188. The molecule has 0 unspecified atom stereocenters. The molecule has 8 rings (SSSR count). The van der Waals surface area contributed by atoms with Crippen molar-refractivity contribution in [2.75, 3.05) is 4.90 Å². The first-order valence-electron chi connectivity index (χ1n) is 13.8. The number of benzene rings is 6. The second-order valence-electron chi connectivity index (χ2n) is 10.2. The zero-order valence-corrected chi connectivity index (χ0v) is 22.8. The van der Waals surface area contributed by atoms with Gasteiger partial charge >= 0.3 is 0 Å². The lowest BCUT2D eigenvalue weighted by Crippen LogP contribution is -2.09. The Balaban J connectivity index is 1.16. The molecule has 6 aromatic carbocycles.